The second kappa shape index (κ2) is 10.5. The third-order valence-corrected chi connectivity index (χ3v) is 4.95. The standard InChI is InChI=1S/C17H14BrCl3N2O3S/c1-25-4-5-26-15-3-2-9(18)6-10(15)16(24)23-17(27)22-14-8-12(20)11(19)7-13(14)21/h2-3,6-8H,4-5H2,1H3,(H2,22,23,24,27). The van der Waals surface area contributed by atoms with Crippen LogP contribution in [0.3, 0.4) is 0 Å². The number of amides is 1. The molecule has 0 aliphatic carbocycles. The highest BCUT2D eigenvalue weighted by Gasteiger charge is 2.16. The summed E-state index contributed by atoms with van der Waals surface area (Å²) in [6, 6.07) is 8.08. The molecular weight excluding hydrogens is 499 g/mol. The van der Waals surface area contributed by atoms with E-state index in [-0.39, 0.29) is 5.11 Å². The number of thiocarbonyl (C=S) groups is 1. The SMILES string of the molecule is COCCOc1ccc(Br)cc1C(=O)NC(=S)Nc1cc(Cl)c(Cl)cc1Cl. The highest BCUT2D eigenvalue weighted by atomic mass is 79.9. The molecule has 2 aromatic rings. The van der Waals surface area contributed by atoms with Crippen LogP contribution in [0.25, 0.3) is 0 Å². The highest BCUT2D eigenvalue weighted by Crippen LogP contribution is 2.32. The minimum atomic E-state index is -0.447. The molecule has 5 nitrogen and oxygen atoms in total. The number of ether oxygens (including phenoxy) is 2. The summed E-state index contributed by atoms with van der Waals surface area (Å²) in [6.07, 6.45) is 0. The number of halogens is 4. The summed E-state index contributed by atoms with van der Waals surface area (Å²) < 4.78 is 11.2. The summed E-state index contributed by atoms with van der Waals surface area (Å²) in [5, 5.41) is 6.37. The lowest BCUT2D eigenvalue weighted by molar-refractivity contribution is 0.0969. The summed E-state index contributed by atoms with van der Waals surface area (Å²) in [6.45, 7) is 0.701. The van der Waals surface area contributed by atoms with Crippen molar-refractivity contribution < 1.29 is 14.3 Å². The molecule has 0 fully saturated rings. The van der Waals surface area contributed by atoms with Gasteiger partial charge in [0.25, 0.3) is 5.91 Å². The van der Waals surface area contributed by atoms with Crippen molar-refractivity contribution in [2.24, 2.45) is 0 Å². The predicted octanol–water partition coefficient (Wildman–Crippen LogP) is 5.56. The molecule has 0 heterocycles. The Kier molecular flexibility index (Phi) is 8.60. The van der Waals surface area contributed by atoms with Crippen molar-refractivity contribution in [3.63, 3.8) is 0 Å². The van der Waals surface area contributed by atoms with Gasteiger partial charge >= 0.3 is 0 Å². The third-order valence-electron chi connectivity index (χ3n) is 3.22. The van der Waals surface area contributed by atoms with E-state index in [1.807, 2.05) is 0 Å². The molecule has 2 aromatic carbocycles. The summed E-state index contributed by atoms with van der Waals surface area (Å²) >= 11 is 26.5. The lowest BCUT2D eigenvalue weighted by Crippen LogP contribution is -2.34. The molecule has 0 aliphatic rings. The van der Waals surface area contributed by atoms with Crippen LogP contribution in [0.1, 0.15) is 10.4 Å². The Hall–Kier alpha value is -1.09. The van der Waals surface area contributed by atoms with Gasteiger partial charge in [-0.15, -0.1) is 0 Å². The molecule has 2 N–H and O–H groups in total. The molecule has 0 atom stereocenters. The molecule has 0 spiro atoms. The molecule has 0 aliphatic heterocycles. The van der Waals surface area contributed by atoms with Crippen LogP contribution in [0.2, 0.25) is 15.1 Å². The van der Waals surface area contributed by atoms with E-state index in [4.69, 9.17) is 56.5 Å². The van der Waals surface area contributed by atoms with Crippen LogP contribution in [0.15, 0.2) is 34.8 Å². The van der Waals surface area contributed by atoms with Gasteiger partial charge in [-0.05, 0) is 42.5 Å². The van der Waals surface area contributed by atoms with Crippen LogP contribution in [-0.2, 0) is 4.74 Å². The smallest absolute Gasteiger partial charge is 0.261 e. The van der Waals surface area contributed by atoms with Crippen LogP contribution >= 0.6 is 63.0 Å². The summed E-state index contributed by atoms with van der Waals surface area (Å²) in [7, 11) is 1.57. The van der Waals surface area contributed by atoms with Gasteiger partial charge in [-0.25, -0.2) is 0 Å². The average Bonchev–Trinajstić information content (AvgIpc) is 2.61. The summed E-state index contributed by atoms with van der Waals surface area (Å²) in [5.74, 6) is -0.0412. The monoisotopic (exact) mass is 510 g/mol. The molecule has 0 bridgehead atoms. The Bertz CT molecular complexity index is 868. The summed E-state index contributed by atoms with van der Waals surface area (Å²) in [5.41, 5.74) is 0.729. The number of hydrogen-bond donors (Lipinski definition) is 2. The molecule has 144 valence electrons. The molecule has 2 rings (SSSR count). The lowest BCUT2D eigenvalue weighted by Gasteiger charge is -2.14. The number of anilines is 1. The quantitative estimate of drug-likeness (QED) is 0.301. The molecule has 27 heavy (non-hydrogen) atoms. The first-order valence-corrected chi connectivity index (χ1v) is 9.83. The van der Waals surface area contributed by atoms with Crippen LogP contribution < -0.4 is 15.4 Å². The van der Waals surface area contributed by atoms with Gasteiger partial charge in [0.05, 0.1) is 32.9 Å². The largest absolute Gasteiger partial charge is 0.490 e. The van der Waals surface area contributed by atoms with Crippen molar-refractivity contribution in [2.45, 2.75) is 0 Å². The minimum absolute atomic E-state index is 0.0445. The van der Waals surface area contributed by atoms with Gasteiger partial charge < -0.3 is 14.8 Å². The number of hydrogen-bond acceptors (Lipinski definition) is 4. The minimum Gasteiger partial charge on any atom is -0.490 e. The van der Waals surface area contributed by atoms with Crippen LogP contribution in [0, 0.1) is 0 Å². The number of carbonyl (C=O) groups excluding carboxylic acids is 1. The fourth-order valence-corrected chi connectivity index (χ4v) is 3.14. The fraction of sp³-hybridized carbons (Fsp3) is 0.176. The molecule has 0 saturated carbocycles. The van der Waals surface area contributed by atoms with Crippen molar-refractivity contribution in [2.75, 3.05) is 25.6 Å². The van der Waals surface area contributed by atoms with Gasteiger partial charge in [0.1, 0.15) is 12.4 Å². The van der Waals surface area contributed by atoms with Gasteiger partial charge in [0, 0.05) is 11.6 Å². The molecular formula is C17H14BrCl3N2O3S. The maximum Gasteiger partial charge on any atom is 0.261 e. The van der Waals surface area contributed by atoms with E-state index in [0.717, 1.165) is 4.47 Å². The predicted molar refractivity (Wildman–Crippen MR) is 117 cm³/mol. The topological polar surface area (TPSA) is 59.6 Å². The molecule has 0 unspecified atom stereocenters. The maximum absolute atomic E-state index is 12.6. The number of rotatable bonds is 6. The van der Waals surface area contributed by atoms with Crippen molar-refractivity contribution in [1.82, 2.24) is 5.32 Å². The lowest BCUT2D eigenvalue weighted by atomic mass is 10.2. The van der Waals surface area contributed by atoms with E-state index in [0.29, 0.717) is 45.3 Å². The molecule has 0 saturated heterocycles. The van der Waals surface area contributed by atoms with Crippen LogP contribution in [0.5, 0.6) is 5.75 Å². The third kappa shape index (κ3) is 6.48. The second-order valence-corrected chi connectivity index (χ2v) is 7.68. The Balaban J connectivity index is 2.11. The number of benzene rings is 2. The Morgan fingerprint density at radius 1 is 1.11 bits per heavy atom. The van der Waals surface area contributed by atoms with Gasteiger partial charge in [-0.1, -0.05) is 50.7 Å². The zero-order chi connectivity index (χ0) is 20.0. The van der Waals surface area contributed by atoms with Crippen molar-refractivity contribution in [1.29, 1.82) is 0 Å². The molecule has 10 heteroatoms. The van der Waals surface area contributed by atoms with Gasteiger partial charge in [0.2, 0.25) is 0 Å². The fourth-order valence-electron chi connectivity index (χ4n) is 1.98. The van der Waals surface area contributed by atoms with Crippen LogP contribution in [0.4, 0.5) is 5.69 Å². The Morgan fingerprint density at radius 2 is 1.81 bits per heavy atom. The van der Waals surface area contributed by atoms with E-state index in [9.17, 15) is 4.79 Å². The van der Waals surface area contributed by atoms with E-state index in [2.05, 4.69) is 26.6 Å². The van der Waals surface area contributed by atoms with E-state index in [1.165, 1.54) is 12.1 Å². The highest BCUT2D eigenvalue weighted by molar-refractivity contribution is 9.10. The average molecular weight is 513 g/mol. The van der Waals surface area contributed by atoms with E-state index in [1.54, 1.807) is 25.3 Å². The van der Waals surface area contributed by atoms with Crippen LogP contribution in [-0.4, -0.2) is 31.3 Å². The second-order valence-electron chi connectivity index (χ2n) is 5.14. The van der Waals surface area contributed by atoms with E-state index < -0.39 is 5.91 Å². The van der Waals surface area contributed by atoms with Crippen molar-refractivity contribution in [3.8, 4) is 5.75 Å². The van der Waals surface area contributed by atoms with Gasteiger partial charge in [0.15, 0.2) is 5.11 Å². The zero-order valence-corrected chi connectivity index (χ0v) is 18.6. The number of methoxy groups -OCH3 is 1. The summed E-state index contributed by atoms with van der Waals surface area (Å²) in [4.78, 5) is 12.6. The Morgan fingerprint density at radius 3 is 2.52 bits per heavy atom. The van der Waals surface area contributed by atoms with Crippen molar-refractivity contribution in [3.05, 3.63) is 55.4 Å². The first-order chi connectivity index (χ1) is 12.8. The molecule has 1 amide bonds. The number of carbonyl (C=O) groups is 1. The van der Waals surface area contributed by atoms with Gasteiger partial charge in [-0.3, -0.25) is 10.1 Å². The Labute approximate surface area is 185 Å². The maximum atomic E-state index is 12.6. The zero-order valence-electron chi connectivity index (χ0n) is 13.9. The van der Waals surface area contributed by atoms with Gasteiger partial charge in [-0.2, -0.15) is 0 Å². The van der Waals surface area contributed by atoms with E-state index >= 15 is 0 Å². The van der Waals surface area contributed by atoms with Crippen molar-refractivity contribution >= 4 is 79.7 Å². The molecule has 0 radical (unpaired) electrons. The first kappa shape index (κ1) is 22.2. The number of nitrogens with one attached hydrogen (secondary N) is 2. The normalized spacial score (nSPS) is 10.4. The molecule has 0 aromatic heterocycles. The first-order valence-electron chi connectivity index (χ1n) is 7.50.